The van der Waals surface area contributed by atoms with Gasteiger partial charge in [0.2, 0.25) is 0 Å². The smallest absolute Gasteiger partial charge is 0.293 e. The molecule has 0 saturated carbocycles. The van der Waals surface area contributed by atoms with Crippen LogP contribution in [0.5, 0.6) is 0 Å². The average Bonchev–Trinajstić information content (AvgIpc) is 3.02. The largest absolute Gasteiger partial charge is 0.362 e. The summed E-state index contributed by atoms with van der Waals surface area (Å²) < 4.78 is 0. The molecular weight excluding hydrogens is 304 g/mol. The van der Waals surface area contributed by atoms with Crippen LogP contribution in [0, 0.1) is 21.4 Å². The van der Waals surface area contributed by atoms with Gasteiger partial charge in [0, 0.05) is 36.3 Å². The fraction of sp³-hybridized carbons (Fsp3) is 0.167. The summed E-state index contributed by atoms with van der Waals surface area (Å²) in [6.45, 7) is 3.12. The molecule has 24 heavy (non-hydrogen) atoms. The second-order valence-corrected chi connectivity index (χ2v) is 5.45. The molecule has 1 N–H and O–H groups in total. The van der Waals surface area contributed by atoms with Crippen molar-refractivity contribution in [1.29, 1.82) is 5.26 Å². The van der Waals surface area contributed by atoms with Crippen molar-refractivity contribution < 1.29 is 4.92 Å². The lowest BCUT2D eigenvalue weighted by molar-refractivity contribution is -0.384. The number of fused-ring (bicyclic) bond motifs is 1. The molecule has 1 aromatic heterocycles. The number of anilines is 1. The topological polar surface area (TPSA) is 86.0 Å². The standard InChI is InChI=1S/C18H16N4O2/c1-2-21(12-14-11-20-16-6-4-3-5-15(14)16)17-8-7-13(10-19)9-18(17)22(23)24/h3-9,11,20H,2,12H2,1H3. The molecule has 0 aliphatic carbocycles. The Balaban J connectivity index is 2.00. The van der Waals surface area contributed by atoms with E-state index >= 15 is 0 Å². The number of benzene rings is 2. The van der Waals surface area contributed by atoms with Crippen LogP contribution in [0.3, 0.4) is 0 Å². The van der Waals surface area contributed by atoms with Gasteiger partial charge in [0.1, 0.15) is 5.69 Å². The van der Waals surface area contributed by atoms with Gasteiger partial charge in [-0.1, -0.05) is 18.2 Å². The predicted molar refractivity (Wildman–Crippen MR) is 92.8 cm³/mol. The average molecular weight is 320 g/mol. The van der Waals surface area contributed by atoms with Crippen molar-refractivity contribution in [3.8, 4) is 6.07 Å². The molecule has 0 unspecified atom stereocenters. The van der Waals surface area contributed by atoms with E-state index in [1.807, 2.05) is 48.4 Å². The zero-order valence-corrected chi connectivity index (χ0v) is 13.2. The van der Waals surface area contributed by atoms with E-state index < -0.39 is 4.92 Å². The lowest BCUT2D eigenvalue weighted by Gasteiger charge is -2.22. The monoisotopic (exact) mass is 320 g/mol. The number of hydrogen-bond donors (Lipinski definition) is 1. The molecule has 3 rings (SSSR count). The number of nitrogens with zero attached hydrogens (tertiary/aromatic N) is 3. The van der Waals surface area contributed by atoms with Gasteiger partial charge in [0.05, 0.1) is 16.6 Å². The Hall–Kier alpha value is -3.33. The molecule has 0 atom stereocenters. The van der Waals surface area contributed by atoms with Gasteiger partial charge in [0.15, 0.2) is 0 Å². The third-order valence-corrected chi connectivity index (χ3v) is 4.06. The maximum absolute atomic E-state index is 11.4. The molecule has 0 bridgehead atoms. The fourth-order valence-corrected chi connectivity index (χ4v) is 2.84. The summed E-state index contributed by atoms with van der Waals surface area (Å²) in [4.78, 5) is 16.1. The van der Waals surface area contributed by atoms with Crippen molar-refractivity contribution in [2.24, 2.45) is 0 Å². The van der Waals surface area contributed by atoms with E-state index in [-0.39, 0.29) is 11.3 Å². The fourth-order valence-electron chi connectivity index (χ4n) is 2.84. The number of aromatic nitrogens is 1. The Morgan fingerprint density at radius 2 is 2.08 bits per heavy atom. The number of para-hydroxylation sites is 1. The number of nitrogens with one attached hydrogen (secondary N) is 1. The van der Waals surface area contributed by atoms with Crippen LogP contribution in [0.15, 0.2) is 48.7 Å². The maximum Gasteiger partial charge on any atom is 0.293 e. The summed E-state index contributed by atoms with van der Waals surface area (Å²) in [5.74, 6) is 0. The molecule has 3 aromatic rings. The maximum atomic E-state index is 11.4. The van der Waals surface area contributed by atoms with Crippen molar-refractivity contribution in [1.82, 2.24) is 4.98 Å². The molecule has 0 saturated heterocycles. The third-order valence-electron chi connectivity index (χ3n) is 4.06. The van der Waals surface area contributed by atoms with Crippen molar-refractivity contribution in [3.05, 3.63) is 69.9 Å². The number of hydrogen-bond acceptors (Lipinski definition) is 4. The van der Waals surface area contributed by atoms with Gasteiger partial charge in [-0.25, -0.2) is 0 Å². The molecule has 0 spiro atoms. The normalized spacial score (nSPS) is 10.5. The second kappa shape index (κ2) is 6.42. The van der Waals surface area contributed by atoms with Gasteiger partial charge in [0.25, 0.3) is 5.69 Å². The van der Waals surface area contributed by atoms with Crippen LogP contribution in [0.4, 0.5) is 11.4 Å². The minimum atomic E-state index is -0.436. The van der Waals surface area contributed by atoms with Crippen LogP contribution in [-0.2, 0) is 6.54 Å². The van der Waals surface area contributed by atoms with Gasteiger partial charge >= 0.3 is 0 Å². The van der Waals surface area contributed by atoms with Gasteiger partial charge in [-0.15, -0.1) is 0 Å². The Morgan fingerprint density at radius 1 is 1.29 bits per heavy atom. The Kier molecular flexibility index (Phi) is 4.17. The van der Waals surface area contributed by atoms with E-state index in [1.54, 1.807) is 12.1 Å². The first kappa shape index (κ1) is 15.6. The summed E-state index contributed by atoms with van der Waals surface area (Å²) in [6.07, 6.45) is 1.93. The number of rotatable bonds is 5. The molecule has 0 aliphatic rings. The minimum Gasteiger partial charge on any atom is -0.362 e. The zero-order valence-electron chi connectivity index (χ0n) is 13.2. The molecule has 1 heterocycles. The summed E-state index contributed by atoms with van der Waals surface area (Å²) in [6, 6.07) is 14.5. The van der Waals surface area contributed by atoms with Gasteiger partial charge in [-0.05, 0) is 30.7 Å². The highest BCUT2D eigenvalue weighted by Gasteiger charge is 2.20. The highest BCUT2D eigenvalue weighted by Crippen LogP contribution is 2.31. The Labute approximate surface area is 139 Å². The number of nitriles is 1. The molecule has 2 aromatic carbocycles. The lowest BCUT2D eigenvalue weighted by Crippen LogP contribution is -2.22. The highest BCUT2D eigenvalue weighted by atomic mass is 16.6. The third kappa shape index (κ3) is 2.79. The van der Waals surface area contributed by atoms with Crippen molar-refractivity contribution in [2.75, 3.05) is 11.4 Å². The quantitative estimate of drug-likeness (QED) is 0.569. The first-order valence-corrected chi connectivity index (χ1v) is 7.62. The van der Waals surface area contributed by atoms with E-state index in [2.05, 4.69) is 4.98 Å². The van der Waals surface area contributed by atoms with Crippen LogP contribution in [0.1, 0.15) is 18.1 Å². The van der Waals surface area contributed by atoms with E-state index in [0.717, 1.165) is 16.5 Å². The second-order valence-electron chi connectivity index (χ2n) is 5.45. The summed E-state index contributed by atoms with van der Waals surface area (Å²) in [5.41, 5.74) is 2.88. The number of H-pyrrole nitrogens is 1. The molecule has 0 amide bonds. The van der Waals surface area contributed by atoms with Gasteiger partial charge in [-0.2, -0.15) is 5.26 Å². The van der Waals surface area contributed by atoms with Crippen LogP contribution < -0.4 is 4.90 Å². The summed E-state index contributed by atoms with van der Waals surface area (Å²) in [5, 5.41) is 21.5. The van der Waals surface area contributed by atoms with Crippen LogP contribution in [0.2, 0.25) is 0 Å². The van der Waals surface area contributed by atoms with Crippen molar-refractivity contribution in [2.45, 2.75) is 13.5 Å². The van der Waals surface area contributed by atoms with Crippen LogP contribution >= 0.6 is 0 Å². The molecular formula is C18H16N4O2. The van der Waals surface area contributed by atoms with Crippen LogP contribution in [-0.4, -0.2) is 16.5 Å². The van der Waals surface area contributed by atoms with Crippen molar-refractivity contribution in [3.63, 3.8) is 0 Å². The summed E-state index contributed by atoms with van der Waals surface area (Å²) in [7, 11) is 0. The van der Waals surface area contributed by atoms with E-state index in [4.69, 9.17) is 5.26 Å². The number of aromatic amines is 1. The highest BCUT2D eigenvalue weighted by molar-refractivity contribution is 5.83. The SMILES string of the molecule is CCN(Cc1c[nH]c2ccccc12)c1ccc(C#N)cc1[N+](=O)[O-]. The molecule has 0 fully saturated rings. The van der Waals surface area contributed by atoms with Crippen molar-refractivity contribution >= 4 is 22.3 Å². The Bertz CT molecular complexity index is 940. The minimum absolute atomic E-state index is 0.0456. The predicted octanol–water partition coefficient (Wildman–Crippen LogP) is 3.97. The summed E-state index contributed by atoms with van der Waals surface area (Å²) >= 11 is 0. The lowest BCUT2D eigenvalue weighted by atomic mass is 10.1. The zero-order chi connectivity index (χ0) is 17.1. The first-order chi connectivity index (χ1) is 11.6. The van der Waals surface area contributed by atoms with E-state index in [0.29, 0.717) is 18.8 Å². The molecule has 6 heteroatoms. The number of nitro groups is 1. The van der Waals surface area contributed by atoms with E-state index in [1.165, 1.54) is 6.07 Å². The number of nitro benzene ring substituents is 1. The van der Waals surface area contributed by atoms with E-state index in [9.17, 15) is 10.1 Å². The van der Waals surface area contributed by atoms with Gasteiger partial charge in [-0.3, -0.25) is 10.1 Å². The molecule has 0 radical (unpaired) electrons. The molecule has 0 aliphatic heterocycles. The molecule has 120 valence electrons. The first-order valence-electron chi connectivity index (χ1n) is 7.62. The molecule has 6 nitrogen and oxygen atoms in total. The Morgan fingerprint density at radius 3 is 2.79 bits per heavy atom. The van der Waals surface area contributed by atoms with Crippen LogP contribution in [0.25, 0.3) is 10.9 Å². The van der Waals surface area contributed by atoms with Gasteiger partial charge < -0.3 is 9.88 Å².